The molecule has 0 spiro atoms. The molecular formula is C9H16N2O4. The van der Waals surface area contributed by atoms with Crippen LogP contribution >= 0.6 is 0 Å². The van der Waals surface area contributed by atoms with Gasteiger partial charge >= 0.3 is 5.97 Å². The van der Waals surface area contributed by atoms with Crippen molar-refractivity contribution in [2.45, 2.75) is 24.8 Å². The molecule has 3 atom stereocenters. The molecule has 0 aromatic carbocycles. The fourth-order valence-corrected chi connectivity index (χ4v) is 1.57. The quantitative estimate of drug-likeness (QED) is 0.545. The Balaban J connectivity index is 1.62. The van der Waals surface area contributed by atoms with Crippen molar-refractivity contribution in [2.24, 2.45) is 0 Å². The van der Waals surface area contributed by atoms with E-state index in [4.69, 9.17) is 14.6 Å². The van der Waals surface area contributed by atoms with Crippen molar-refractivity contribution in [3.05, 3.63) is 0 Å². The number of carboxylic acids is 1. The van der Waals surface area contributed by atoms with Gasteiger partial charge in [0.15, 0.2) is 0 Å². The van der Waals surface area contributed by atoms with E-state index in [1.165, 1.54) is 0 Å². The summed E-state index contributed by atoms with van der Waals surface area (Å²) < 4.78 is 10.7. The van der Waals surface area contributed by atoms with E-state index in [1.807, 2.05) is 0 Å². The standard InChI is InChI=1S/C9H16N2O4/c12-9(13)7-3-11-8(4-10-7)15-5-6-1-2-14-6/h6-8,10-11H,1-5H2,(H,12,13). The van der Waals surface area contributed by atoms with Gasteiger partial charge in [-0.25, -0.2) is 0 Å². The molecule has 6 nitrogen and oxygen atoms in total. The number of aliphatic carboxylic acids is 1. The summed E-state index contributed by atoms with van der Waals surface area (Å²) in [4.78, 5) is 10.6. The molecule has 6 heteroatoms. The number of rotatable bonds is 4. The highest BCUT2D eigenvalue weighted by Crippen LogP contribution is 2.11. The molecule has 2 fully saturated rings. The molecule has 15 heavy (non-hydrogen) atoms. The highest BCUT2D eigenvalue weighted by atomic mass is 16.6. The second-order valence-electron chi connectivity index (χ2n) is 3.81. The second-order valence-corrected chi connectivity index (χ2v) is 3.81. The van der Waals surface area contributed by atoms with Crippen molar-refractivity contribution >= 4 is 5.97 Å². The van der Waals surface area contributed by atoms with Crippen LogP contribution in [0.1, 0.15) is 6.42 Å². The monoisotopic (exact) mass is 216 g/mol. The minimum absolute atomic E-state index is 0.107. The molecular weight excluding hydrogens is 200 g/mol. The molecule has 0 radical (unpaired) electrons. The molecule has 0 aromatic rings. The summed E-state index contributed by atoms with van der Waals surface area (Å²) in [7, 11) is 0. The summed E-state index contributed by atoms with van der Waals surface area (Å²) >= 11 is 0. The second kappa shape index (κ2) is 4.89. The Morgan fingerprint density at radius 2 is 2.27 bits per heavy atom. The molecule has 0 aromatic heterocycles. The molecule has 0 amide bonds. The van der Waals surface area contributed by atoms with Crippen LogP contribution in [0.2, 0.25) is 0 Å². The van der Waals surface area contributed by atoms with Gasteiger partial charge in [0.1, 0.15) is 12.3 Å². The Morgan fingerprint density at radius 1 is 1.47 bits per heavy atom. The summed E-state index contributed by atoms with van der Waals surface area (Å²) in [5, 5.41) is 14.7. The first-order chi connectivity index (χ1) is 7.25. The van der Waals surface area contributed by atoms with Crippen LogP contribution in [0.3, 0.4) is 0 Å². The smallest absolute Gasteiger partial charge is 0.322 e. The van der Waals surface area contributed by atoms with E-state index < -0.39 is 12.0 Å². The number of nitrogens with one attached hydrogen (secondary N) is 2. The summed E-state index contributed by atoms with van der Waals surface area (Å²) in [5.74, 6) is -0.830. The first-order valence-corrected chi connectivity index (χ1v) is 5.18. The van der Waals surface area contributed by atoms with Crippen LogP contribution in [0.5, 0.6) is 0 Å². The predicted molar refractivity (Wildman–Crippen MR) is 51.5 cm³/mol. The van der Waals surface area contributed by atoms with E-state index in [2.05, 4.69) is 10.6 Å². The number of ether oxygens (including phenoxy) is 2. The largest absolute Gasteiger partial charge is 0.480 e. The molecule has 2 rings (SSSR count). The Labute approximate surface area is 87.9 Å². The normalized spacial score (nSPS) is 35.9. The topological polar surface area (TPSA) is 79.8 Å². The lowest BCUT2D eigenvalue weighted by molar-refractivity contribution is -0.142. The minimum Gasteiger partial charge on any atom is -0.480 e. The zero-order valence-corrected chi connectivity index (χ0v) is 8.44. The maximum absolute atomic E-state index is 10.6. The van der Waals surface area contributed by atoms with Crippen LogP contribution in [0, 0.1) is 0 Å². The maximum Gasteiger partial charge on any atom is 0.322 e. The summed E-state index contributed by atoms with van der Waals surface area (Å²) in [5.41, 5.74) is 0. The van der Waals surface area contributed by atoms with E-state index in [1.54, 1.807) is 0 Å². The van der Waals surface area contributed by atoms with Gasteiger partial charge in [-0.3, -0.25) is 15.4 Å². The van der Waals surface area contributed by atoms with Crippen molar-refractivity contribution < 1.29 is 19.4 Å². The fourth-order valence-electron chi connectivity index (χ4n) is 1.57. The third-order valence-electron chi connectivity index (χ3n) is 2.67. The lowest BCUT2D eigenvalue weighted by Crippen LogP contribution is -2.58. The zero-order chi connectivity index (χ0) is 10.7. The third-order valence-corrected chi connectivity index (χ3v) is 2.67. The van der Waals surface area contributed by atoms with Crippen molar-refractivity contribution in [3.63, 3.8) is 0 Å². The highest BCUT2D eigenvalue weighted by molar-refractivity contribution is 5.73. The Morgan fingerprint density at radius 3 is 2.73 bits per heavy atom. The van der Waals surface area contributed by atoms with Gasteiger partial charge in [-0.05, 0) is 6.42 Å². The molecule has 86 valence electrons. The summed E-state index contributed by atoms with van der Waals surface area (Å²) in [6.45, 7) is 2.32. The number of hydrogen-bond acceptors (Lipinski definition) is 5. The lowest BCUT2D eigenvalue weighted by Gasteiger charge is -2.32. The molecule has 3 unspecified atom stereocenters. The van der Waals surface area contributed by atoms with Gasteiger partial charge in [-0.2, -0.15) is 0 Å². The lowest BCUT2D eigenvalue weighted by atomic mass is 10.2. The van der Waals surface area contributed by atoms with Gasteiger partial charge < -0.3 is 14.6 Å². The van der Waals surface area contributed by atoms with Crippen LogP contribution in [0.4, 0.5) is 0 Å². The van der Waals surface area contributed by atoms with Crippen molar-refractivity contribution in [3.8, 4) is 0 Å². The molecule has 0 bridgehead atoms. The van der Waals surface area contributed by atoms with Gasteiger partial charge in [0.05, 0.1) is 12.7 Å². The number of piperazine rings is 1. The van der Waals surface area contributed by atoms with Crippen LogP contribution < -0.4 is 10.6 Å². The van der Waals surface area contributed by atoms with Gasteiger partial charge in [-0.15, -0.1) is 0 Å². The van der Waals surface area contributed by atoms with Gasteiger partial charge in [0, 0.05) is 19.7 Å². The molecule has 2 aliphatic heterocycles. The van der Waals surface area contributed by atoms with E-state index in [-0.39, 0.29) is 12.3 Å². The SMILES string of the molecule is O=C(O)C1CNC(OCC2CCO2)CN1. The first-order valence-electron chi connectivity index (χ1n) is 5.18. The Kier molecular flexibility index (Phi) is 3.53. The minimum atomic E-state index is -0.830. The van der Waals surface area contributed by atoms with Crippen LogP contribution in [0.15, 0.2) is 0 Å². The number of carbonyl (C=O) groups is 1. The van der Waals surface area contributed by atoms with Gasteiger partial charge in [0.2, 0.25) is 0 Å². The maximum atomic E-state index is 10.6. The molecule has 2 aliphatic rings. The average Bonchev–Trinajstić information content (AvgIpc) is 2.16. The van der Waals surface area contributed by atoms with Gasteiger partial charge in [-0.1, -0.05) is 0 Å². The molecule has 0 saturated carbocycles. The van der Waals surface area contributed by atoms with E-state index in [9.17, 15) is 4.79 Å². The predicted octanol–water partition coefficient (Wildman–Crippen LogP) is -1.24. The molecule has 2 heterocycles. The summed E-state index contributed by atoms with van der Waals surface area (Å²) in [6, 6.07) is -0.509. The van der Waals surface area contributed by atoms with Crippen LogP contribution in [0.25, 0.3) is 0 Å². The van der Waals surface area contributed by atoms with E-state index in [0.29, 0.717) is 19.7 Å². The van der Waals surface area contributed by atoms with Gasteiger partial charge in [0.25, 0.3) is 0 Å². The Hall–Kier alpha value is -0.690. The van der Waals surface area contributed by atoms with E-state index >= 15 is 0 Å². The molecule has 0 aliphatic carbocycles. The zero-order valence-electron chi connectivity index (χ0n) is 8.44. The van der Waals surface area contributed by atoms with Crippen LogP contribution in [-0.4, -0.2) is 55.8 Å². The van der Waals surface area contributed by atoms with Crippen molar-refractivity contribution in [2.75, 3.05) is 26.3 Å². The molecule has 2 saturated heterocycles. The number of hydrogen-bond donors (Lipinski definition) is 3. The first kappa shape index (κ1) is 10.8. The van der Waals surface area contributed by atoms with E-state index in [0.717, 1.165) is 13.0 Å². The van der Waals surface area contributed by atoms with Crippen LogP contribution in [-0.2, 0) is 14.3 Å². The highest BCUT2D eigenvalue weighted by Gasteiger charge is 2.26. The molecule has 3 N–H and O–H groups in total. The van der Waals surface area contributed by atoms with Crippen molar-refractivity contribution in [1.29, 1.82) is 0 Å². The third kappa shape index (κ3) is 2.88. The van der Waals surface area contributed by atoms with Crippen molar-refractivity contribution in [1.82, 2.24) is 10.6 Å². The Bertz CT molecular complexity index is 224. The number of carboxylic acid groups (broad SMARTS) is 1. The fraction of sp³-hybridized carbons (Fsp3) is 0.889. The average molecular weight is 216 g/mol. The summed E-state index contributed by atoms with van der Waals surface area (Å²) in [6.07, 6.45) is 1.17.